The van der Waals surface area contributed by atoms with Crippen LogP contribution in [-0.4, -0.2) is 10.9 Å². The first kappa shape index (κ1) is 13.9. The summed E-state index contributed by atoms with van der Waals surface area (Å²) >= 11 is 0. The molecule has 2 aliphatic rings. The summed E-state index contributed by atoms with van der Waals surface area (Å²) in [7, 11) is 0. The highest BCUT2D eigenvalue weighted by Gasteiger charge is 2.20. The van der Waals surface area contributed by atoms with E-state index in [2.05, 4.69) is 54.9 Å². The van der Waals surface area contributed by atoms with Crippen LogP contribution in [0.1, 0.15) is 45.4 Å². The van der Waals surface area contributed by atoms with E-state index in [4.69, 9.17) is 0 Å². The second-order valence-electron chi connectivity index (χ2n) is 5.30. The highest BCUT2D eigenvalue weighted by atomic mass is 15.2. The number of hydrogen-bond acceptors (Lipinski definition) is 1. The number of hydrogen-bond donors (Lipinski definition) is 0. The molecule has 0 spiro atoms. The van der Waals surface area contributed by atoms with Gasteiger partial charge in [-0.05, 0) is 51.5 Å². The number of allylic oxidation sites excluding steroid dienone is 8. The van der Waals surface area contributed by atoms with Crippen LogP contribution in [0, 0.1) is 0 Å². The van der Waals surface area contributed by atoms with Gasteiger partial charge < -0.3 is 4.90 Å². The summed E-state index contributed by atoms with van der Waals surface area (Å²) in [5.41, 5.74) is 2.96. The predicted octanol–water partition coefficient (Wildman–Crippen LogP) is 5.11. The van der Waals surface area contributed by atoms with Crippen molar-refractivity contribution in [2.24, 2.45) is 0 Å². The van der Waals surface area contributed by atoms with Crippen LogP contribution in [0.5, 0.6) is 0 Å². The Bertz CT molecular complexity index is 423. The molecule has 0 aromatic carbocycles. The van der Waals surface area contributed by atoms with Crippen molar-refractivity contribution in [3.05, 3.63) is 60.5 Å². The van der Waals surface area contributed by atoms with Crippen LogP contribution in [0.3, 0.4) is 0 Å². The molecular formula is C18H25N. The Kier molecular flexibility index (Phi) is 5.26. The van der Waals surface area contributed by atoms with Gasteiger partial charge in [0.2, 0.25) is 0 Å². The molecule has 0 amide bonds. The monoisotopic (exact) mass is 255 g/mol. The molecule has 0 aromatic heterocycles. The van der Waals surface area contributed by atoms with Crippen molar-refractivity contribution in [1.29, 1.82) is 0 Å². The average Bonchev–Trinajstić information content (AvgIpc) is 2.47. The van der Waals surface area contributed by atoms with Crippen LogP contribution in [-0.2, 0) is 0 Å². The van der Waals surface area contributed by atoms with Crippen molar-refractivity contribution in [3.63, 3.8) is 0 Å². The normalized spacial score (nSPS) is 20.9. The molecule has 1 unspecified atom stereocenters. The molecule has 19 heavy (non-hydrogen) atoms. The fraction of sp³-hybridized carbons (Fsp3) is 0.444. The molecule has 0 bridgehead atoms. The Morgan fingerprint density at radius 3 is 2.74 bits per heavy atom. The smallest absolute Gasteiger partial charge is 0.0490 e. The molecule has 1 nitrogen and oxygen atoms in total. The van der Waals surface area contributed by atoms with E-state index in [9.17, 15) is 0 Å². The van der Waals surface area contributed by atoms with Gasteiger partial charge in [-0.3, -0.25) is 0 Å². The van der Waals surface area contributed by atoms with Crippen molar-refractivity contribution >= 4 is 0 Å². The van der Waals surface area contributed by atoms with Gasteiger partial charge in [-0.15, -0.1) is 0 Å². The Morgan fingerprint density at radius 2 is 2.11 bits per heavy atom. The first-order valence-electron chi connectivity index (χ1n) is 7.46. The molecule has 0 aromatic rings. The molecule has 0 saturated carbocycles. The van der Waals surface area contributed by atoms with Gasteiger partial charge >= 0.3 is 0 Å². The zero-order valence-corrected chi connectivity index (χ0v) is 12.0. The van der Waals surface area contributed by atoms with Crippen LogP contribution < -0.4 is 0 Å². The van der Waals surface area contributed by atoms with Gasteiger partial charge in [0.05, 0.1) is 0 Å². The van der Waals surface area contributed by atoms with E-state index in [1.54, 1.807) is 0 Å². The second-order valence-corrected chi connectivity index (χ2v) is 5.30. The largest absolute Gasteiger partial charge is 0.342 e. The number of nitrogens with zero attached hydrogens (tertiary/aromatic N) is 1. The van der Waals surface area contributed by atoms with Crippen LogP contribution in [0.15, 0.2) is 60.5 Å². The Morgan fingerprint density at radius 1 is 1.21 bits per heavy atom. The third kappa shape index (κ3) is 3.73. The van der Waals surface area contributed by atoms with E-state index in [-0.39, 0.29) is 0 Å². The van der Waals surface area contributed by atoms with Crippen LogP contribution >= 0.6 is 0 Å². The summed E-state index contributed by atoms with van der Waals surface area (Å²) in [6, 6.07) is 0.403. The fourth-order valence-corrected chi connectivity index (χ4v) is 2.86. The molecule has 2 aliphatic carbocycles. The lowest BCUT2D eigenvalue weighted by Crippen LogP contribution is -2.31. The van der Waals surface area contributed by atoms with E-state index in [0.29, 0.717) is 6.04 Å². The van der Waals surface area contributed by atoms with Gasteiger partial charge in [-0.25, -0.2) is 0 Å². The minimum Gasteiger partial charge on any atom is -0.342 e. The lowest BCUT2D eigenvalue weighted by molar-refractivity contribution is 0.344. The first-order chi connectivity index (χ1) is 9.33. The molecule has 1 heteroatoms. The molecule has 2 rings (SSSR count). The number of rotatable bonds is 5. The maximum absolute atomic E-state index is 3.77. The average molecular weight is 255 g/mol. The summed E-state index contributed by atoms with van der Waals surface area (Å²) in [6.45, 7) is 6.04. The van der Waals surface area contributed by atoms with E-state index < -0.39 is 0 Å². The molecule has 0 radical (unpaired) electrons. The summed E-state index contributed by atoms with van der Waals surface area (Å²) in [5, 5.41) is 0. The van der Waals surface area contributed by atoms with Gasteiger partial charge in [0.25, 0.3) is 0 Å². The van der Waals surface area contributed by atoms with Gasteiger partial charge in [-0.1, -0.05) is 43.0 Å². The lowest BCUT2D eigenvalue weighted by atomic mass is 9.99. The molecule has 1 atom stereocenters. The van der Waals surface area contributed by atoms with Crippen molar-refractivity contribution in [3.8, 4) is 0 Å². The first-order valence-corrected chi connectivity index (χ1v) is 7.46. The van der Waals surface area contributed by atoms with Crippen LogP contribution in [0.2, 0.25) is 0 Å². The van der Waals surface area contributed by atoms with E-state index >= 15 is 0 Å². The molecule has 102 valence electrons. The zero-order chi connectivity index (χ0) is 13.5. The molecule has 0 saturated heterocycles. The van der Waals surface area contributed by atoms with E-state index in [0.717, 1.165) is 12.8 Å². The van der Waals surface area contributed by atoms with Gasteiger partial charge in [0.1, 0.15) is 0 Å². The fourth-order valence-electron chi connectivity index (χ4n) is 2.86. The van der Waals surface area contributed by atoms with Crippen molar-refractivity contribution in [2.75, 3.05) is 0 Å². The maximum Gasteiger partial charge on any atom is 0.0490 e. The SMILES string of the molecule is C=C/C=C\C(C)N(C1=CC=CCC1)C1=CCCCC1. The van der Waals surface area contributed by atoms with E-state index in [1.807, 2.05) is 6.08 Å². The third-order valence-corrected chi connectivity index (χ3v) is 3.81. The highest BCUT2D eigenvalue weighted by molar-refractivity contribution is 5.25. The van der Waals surface area contributed by atoms with Crippen LogP contribution in [0.25, 0.3) is 0 Å². The second kappa shape index (κ2) is 7.18. The summed E-state index contributed by atoms with van der Waals surface area (Å²) in [5.74, 6) is 0. The van der Waals surface area contributed by atoms with Gasteiger partial charge in [-0.2, -0.15) is 0 Å². The Labute approximate surface area is 117 Å². The summed E-state index contributed by atoms with van der Waals surface area (Å²) < 4.78 is 0. The molecule has 0 fully saturated rings. The minimum absolute atomic E-state index is 0.403. The Hall–Kier alpha value is -1.50. The zero-order valence-electron chi connectivity index (χ0n) is 12.0. The topological polar surface area (TPSA) is 3.24 Å². The predicted molar refractivity (Wildman–Crippen MR) is 83.6 cm³/mol. The lowest BCUT2D eigenvalue weighted by Gasteiger charge is -2.36. The minimum atomic E-state index is 0.403. The third-order valence-electron chi connectivity index (χ3n) is 3.81. The van der Waals surface area contributed by atoms with Crippen molar-refractivity contribution in [1.82, 2.24) is 4.90 Å². The summed E-state index contributed by atoms with van der Waals surface area (Å²) in [6.07, 6.45) is 22.7. The maximum atomic E-state index is 3.77. The van der Waals surface area contributed by atoms with Crippen LogP contribution in [0.4, 0.5) is 0 Å². The summed E-state index contributed by atoms with van der Waals surface area (Å²) in [4.78, 5) is 2.53. The standard InChI is InChI=1S/C18H25N/c1-3-4-11-16(2)19(17-12-7-5-8-13-17)18-14-9-6-10-15-18/h3-5,7,11-12,14,16H,1,6,8-10,13,15H2,2H3/b11-4-. The highest BCUT2D eigenvalue weighted by Crippen LogP contribution is 2.30. The molecular weight excluding hydrogens is 230 g/mol. The molecule has 0 N–H and O–H groups in total. The van der Waals surface area contributed by atoms with Crippen molar-refractivity contribution in [2.45, 2.75) is 51.5 Å². The Balaban J connectivity index is 2.23. The van der Waals surface area contributed by atoms with Gasteiger partial charge in [0.15, 0.2) is 0 Å². The van der Waals surface area contributed by atoms with Gasteiger partial charge in [0, 0.05) is 17.4 Å². The van der Waals surface area contributed by atoms with Crippen molar-refractivity contribution < 1.29 is 0 Å². The molecule has 0 aliphatic heterocycles. The van der Waals surface area contributed by atoms with E-state index in [1.165, 1.54) is 37.1 Å². The molecule has 0 heterocycles. The quantitative estimate of drug-likeness (QED) is 0.617.